The molecule has 0 heterocycles. The molecule has 0 N–H and O–H groups in total. The minimum Gasteiger partial charge on any atom is -0.490 e. The molecule has 0 unspecified atom stereocenters. The summed E-state index contributed by atoms with van der Waals surface area (Å²) in [5, 5.41) is 0. The monoisotopic (exact) mass is 296 g/mol. The van der Waals surface area contributed by atoms with Crippen molar-refractivity contribution in [3.63, 3.8) is 0 Å². The summed E-state index contributed by atoms with van der Waals surface area (Å²) in [7, 11) is -1.07. The second-order valence-corrected chi connectivity index (χ2v) is 11.4. The molecule has 0 saturated carbocycles. The SMILES string of the molecule is CCOc1cc(C=O)ccc1OCOCC[Si](C)(C)C. The standard InChI is InChI=1S/C15H24O4Si/c1-5-18-15-10-13(11-16)6-7-14(15)19-12-17-8-9-20(2,3)4/h6-7,10-11H,5,8-9,12H2,1-4H3. The largest absolute Gasteiger partial charge is 0.490 e. The van der Waals surface area contributed by atoms with Crippen molar-refractivity contribution in [3.8, 4) is 11.5 Å². The summed E-state index contributed by atoms with van der Waals surface area (Å²) in [6.07, 6.45) is 0.788. The van der Waals surface area contributed by atoms with Gasteiger partial charge < -0.3 is 14.2 Å². The molecule has 4 nitrogen and oxygen atoms in total. The molecule has 5 heteroatoms. The summed E-state index contributed by atoms with van der Waals surface area (Å²) in [4.78, 5) is 10.8. The maximum atomic E-state index is 10.8. The van der Waals surface area contributed by atoms with E-state index in [2.05, 4.69) is 19.6 Å². The molecule has 112 valence electrons. The molecule has 0 amide bonds. The highest BCUT2D eigenvalue weighted by Gasteiger charge is 2.12. The van der Waals surface area contributed by atoms with Crippen LogP contribution in [0.4, 0.5) is 0 Å². The van der Waals surface area contributed by atoms with Crippen molar-refractivity contribution < 1.29 is 19.0 Å². The number of ether oxygens (including phenoxy) is 3. The lowest BCUT2D eigenvalue weighted by Gasteiger charge is -2.16. The van der Waals surface area contributed by atoms with E-state index in [1.54, 1.807) is 18.2 Å². The van der Waals surface area contributed by atoms with Crippen molar-refractivity contribution in [1.82, 2.24) is 0 Å². The molecular weight excluding hydrogens is 272 g/mol. The fourth-order valence-corrected chi connectivity index (χ4v) is 2.28. The van der Waals surface area contributed by atoms with E-state index in [1.807, 2.05) is 6.92 Å². The third kappa shape index (κ3) is 6.21. The van der Waals surface area contributed by atoms with Crippen LogP contribution in [0.3, 0.4) is 0 Å². The molecule has 0 aliphatic rings. The van der Waals surface area contributed by atoms with Crippen molar-refractivity contribution in [3.05, 3.63) is 23.8 Å². The summed E-state index contributed by atoms with van der Waals surface area (Å²) in [6, 6.07) is 6.22. The number of carbonyl (C=O) groups excluding carboxylic acids is 1. The van der Waals surface area contributed by atoms with E-state index < -0.39 is 8.07 Å². The first-order valence-corrected chi connectivity index (χ1v) is 10.6. The van der Waals surface area contributed by atoms with Crippen molar-refractivity contribution in [2.75, 3.05) is 20.0 Å². The molecular formula is C15H24O4Si. The van der Waals surface area contributed by atoms with Gasteiger partial charge in [-0.1, -0.05) is 19.6 Å². The van der Waals surface area contributed by atoms with Crippen molar-refractivity contribution >= 4 is 14.4 Å². The Morgan fingerprint density at radius 3 is 2.50 bits per heavy atom. The van der Waals surface area contributed by atoms with Crippen molar-refractivity contribution in [1.29, 1.82) is 0 Å². The summed E-state index contributed by atoms with van der Waals surface area (Å²) in [6.45, 7) is 10.3. The van der Waals surface area contributed by atoms with Gasteiger partial charge in [0, 0.05) is 20.2 Å². The Morgan fingerprint density at radius 2 is 1.90 bits per heavy atom. The highest BCUT2D eigenvalue weighted by Crippen LogP contribution is 2.28. The minimum atomic E-state index is -1.07. The Hall–Kier alpha value is -1.33. The van der Waals surface area contributed by atoms with E-state index in [9.17, 15) is 4.79 Å². The Bertz CT molecular complexity index is 426. The Labute approximate surface area is 122 Å². The topological polar surface area (TPSA) is 44.8 Å². The van der Waals surface area contributed by atoms with Gasteiger partial charge in [-0.3, -0.25) is 4.79 Å². The van der Waals surface area contributed by atoms with Crippen molar-refractivity contribution in [2.24, 2.45) is 0 Å². The lowest BCUT2D eigenvalue weighted by atomic mass is 10.2. The van der Waals surface area contributed by atoms with Crippen LogP contribution < -0.4 is 9.47 Å². The van der Waals surface area contributed by atoms with Crippen LogP contribution >= 0.6 is 0 Å². The first-order valence-electron chi connectivity index (χ1n) is 6.89. The van der Waals surface area contributed by atoms with E-state index in [0.717, 1.165) is 12.3 Å². The minimum absolute atomic E-state index is 0.199. The van der Waals surface area contributed by atoms with Gasteiger partial charge in [0.15, 0.2) is 18.3 Å². The average molecular weight is 296 g/mol. The quantitative estimate of drug-likeness (QED) is 0.302. The van der Waals surface area contributed by atoms with E-state index >= 15 is 0 Å². The third-order valence-corrected chi connectivity index (χ3v) is 4.40. The van der Waals surface area contributed by atoms with Gasteiger partial charge in [0.05, 0.1) is 6.61 Å². The molecule has 20 heavy (non-hydrogen) atoms. The van der Waals surface area contributed by atoms with Gasteiger partial charge in [-0.2, -0.15) is 0 Å². The lowest BCUT2D eigenvalue weighted by Crippen LogP contribution is -2.22. The second kappa shape index (κ2) is 8.07. The van der Waals surface area contributed by atoms with E-state index in [-0.39, 0.29) is 6.79 Å². The fraction of sp³-hybridized carbons (Fsp3) is 0.533. The second-order valence-electron chi connectivity index (χ2n) is 5.74. The lowest BCUT2D eigenvalue weighted by molar-refractivity contribution is 0.0202. The van der Waals surface area contributed by atoms with Gasteiger partial charge in [-0.05, 0) is 31.2 Å². The molecule has 0 atom stereocenters. The Morgan fingerprint density at radius 1 is 1.15 bits per heavy atom. The van der Waals surface area contributed by atoms with Crippen molar-refractivity contribution in [2.45, 2.75) is 32.6 Å². The number of rotatable bonds is 9. The first-order chi connectivity index (χ1) is 9.46. The predicted octanol–water partition coefficient (Wildman–Crippen LogP) is 3.59. The van der Waals surface area contributed by atoms with Gasteiger partial charge in [-0.25, -0.2) is 0 Å². The van der Waals surface area contributed by atoms with E-state index in [1.165, 1.54) is 0 Å². The summed E-state index contributed by atoms with van der Waals surface area (Å²) in [5.74, 6) is 1.18. The normalized spacial score (nSPS) is 11.2. The molecule has 0 saturated heterocycles. The van der Waals surface area contributed by atoms with Crippen LogP contribution in [0.5, 0.6) is 11.5 Å². The maximum Gasteiger partial charge on any atom is 0.189 e. The molecule has 0 bridgehead atoms. The number of hydrogen-bond donors (Lipinski definition) is 0. The maximum absolute atomic E-state index is 10.8. The van der Waals surface area contributed by atoms with Gasteiger partial charge in [0.2, 0.25) is 0 Å². The molecule has 1 aromatic rings. The Balaban J connectivity index is 2.48. The molecule has 0 radical (unpaired) electrons. The van der Waals surface area contributed by atoms with Gasteiger partial charge in [0.25, 0.3) is 0 Å². The number of aldehydes is 1. The van der Waals surface area contributed by atoms with Gasteiger partial charge in [-0.15, -0.1) is 0 Å². The number of benzene rings is 1. The molecule has 0 aliphatic carbocycles. The highest BCUT2D eigenvalue weighted by molar-refractivity contribution is 6.76. The number of hydrogen-bond acceptors (Lipinski definition) is 4. The van der Waals surface area contributed by atoms with Crippen LogP contribution in [-0.4, -0.2) is 34.4 Å². The number of carbonyl (C=O) groups is 1. The summed E-state index contributed by atoms with van der Waals surface area (Å²) >= 11 is 0. The molecule has 1 aromatic carbocycles. The third-order valence-electron chi connectivity index (χ3n) is 2.70. The van der Waals surface area contributed by atoms with Crippen LogP contribution in [0.2, 0.25) is 25.7 Å². The zero-order valence-corrected chi connectivity index (χ0v) is 13.8. The predicted molar refractivity (Wildman–Crippen MR) is 82.6 cm³/mol. The fourth-order valence-electron chi connectivity index (χ4n) is 1.53. The summed E-state index contributed by atoms with van der Waals surface area (Å²) < 4.78 is 16.5. The first kappa shape index (κ1) is 16.7. The molecule has 0 aliphatic heterocycles. The smallest absolute Gasteiger partial charge is 0.189 e. The zero-order chi connectivity index (χ0) is 15.0. The van der Waals surface area contributed by atoms with Crippen LogP contribution in [0, 0.1) is 0 Å². The molecule has 0 fully saturated rings. The Kier molecular flexibility index (Phi) is 6.74. The van der Waals surface area contributed by atoms with Crippen LogP contribution in [0.15, 0.2) is 18.2 Å². The summed E-state index contributed by atoms with van der Waals surface area (Å²) in [5.41, 5.74) is 0.570. The van der Waals surface area contributed by atoms with Gasteiger partial charge in [0.1, 0.15) is 6.29 Å². The molecule has 0 aromatic heterocycles. The van der Waals surface area contributed by atoms with E-state index in [0.29, 0.717) is 30.3 Å². The average Bonchev–Trinajstić information content (AvgIpc) is 2.38. The molecule has 1 rings (SSSR count). The zero-order valence-electron chi connectivity index (χ0n) is 12.8. The van der Waals surface area contributed by atoms with Crippen LogP contribution in [-0.2, 0) is 4.74 Å². The highest BCUT2D eigenvalue weighted by atomic mass is 28.3. The van der Waals surface area contributed by atoms with Gasteiger partial charge >= 0.3 is 0 Å². The molecule has 0 spiro atoms. The van der Waals surface area contributed by atoms with E-state index in [4.69, 9.17) is 14.2 Å². The van der Waals surface area contributed by atoms with Crippen LogP contribution in [0.1, 0.15) is 17.3 Å². The van der Waals surface area contributed by atoms with Crippen LogP contribution in [0.25, 0.3) is 0 Å².